The van der Waals surface area contributed by atoms with Crippen LogP contribution in [0.5, 0.6) is 0 Å². The third kappa shape index (κ3) is 3.05. The van der Waals surface area contributed by atoms with E-state index in [1.54, 1.807) is 45.9 Å². The molecule has 0 bridgehead atoms. The second-order valence-electron chi connectivity index (χ2n) is 7.01. The second kappa shape index (κ2) is 6.49. The van der Waals surface area contributed by atoms with Crippen molar-refractivity contribution in [3.8, 4) is 0 Å². The summed E-state index contributed by atoms with van der Waals surface area (Å²) in [6, 6.07) is 5.38. The van der Waals surface area contributed by atoms with Gasteiger partial charge in [-0.05, 0) is 45.7 Å². The van der Waals surface area contributed by atoms with E-state index < -0.39 is 22.3 Å². The Kier molecular flexibility index (Phi) is 4.49. The van der Waals surface area contributed by atoms with Gasteiger partial charge in [0.05, 0.1) is 34.0 Å². The zero-order valence-corrected chi connectivity index (χ0v) is 15.1. The average Bonchev–Trinajstić information content (AvgIpc) is 3.01. The Bertz CT molecular complexity index is 791. The van der Waals surface area contributed by atoms with Crippen LogP contribution in [0, 0.1) is 10.1 Å². The smallest absolute Gasteiger partial charge is 0.331 e. The SMILES string of the molecule is CC1=C([N+](=O)[O-])C(c2cccc3c2NON3)CC(C)(C(=O)OC(C)C)N1. The molecule has 3 rings (SSSR count). The number of allylic oxidation sites excluding steroid dienone is 2. The molecule has 2 atom stereocenters. The predicted octanol–water partition coefficient (Wildman–Crippen LogP) is 2.67. The molecule has 140 valence electrons. The van der Waals surface area contributed by atoms with Gasteiger partial charge in [-0.15, -0.1) is 0 Å². The molecule has 0 radical (unpaired) electrons. The Hall–Kier alpha value is -2.81. The first-order chi connectivity index (χ1) is 12.2. The van der Waals surface area contributed by atoms with Crippen LogP contribution in [0.25, 0.3) is 0 Å². The van der Waals surface area contributed by atoms with Gasteiger partial charge in [-0.1, -0.05) is 12.1 Å². The van der Waals surface area contributed by atoms with Crippen LogP contribution in [-0.2, 0) is 14.5 Å². The lowest BCUT2D eigenvalue weighted by molar-refractivity contribution is -0.433. The lowest BCUT2D eigenvalue weighted by atomic mass is 9.78. The van der Waals surface area contributed by atoms with Crippen LogP contribution in [0.2, 0.25) is 0 Å². The number of fused-ring (bicyclic) bond motifs is 1. The first-order valence-corrected chi connectivity index (χ1v) is 8.38. The molecule has 0 amide bonds. The number of nitrogens with zero attached hydrogens (tertiary/aromatic N) is 1. The molecule has 0 spiro atoms. The number of nitro groups is 1. The minimum absolute atomic E-state index is 0.0296. The molecule has 2 aliphatic heterocycles. The van der Waals surface area contributed by atoms with Gasteiger partial charge in [0.25, 0.3) is 5.70 Å². The van der Waals surface area contributed by atoms with E-state index in [-0.39, 0.29) is 18.2 Å². The Morgan fingerprint density at radius 3 is 2.81 bits per heavy atom. The number of esters is 1. The van der Waals surface area contributed by atoms with Crippen molar-refractivity contribution >= 4 is 17.3 Å². The van der Waals surface area contributed by atoms with Crippen LogP contribution in [0.1, 0.15) is 45.6 Å². The topological polar surface area (TPSA) is 115 Å². The fraction of sp³-hybridized carbons (Fsp3) is 0.471. The van der Waals surface area contributed by atoms with E-state index in [0.717, 1.165) is 0 Å². The highest BCUT2D eigenvalue weighted by molar-refractivity contribution is 5.82. The molecule has 3 N–H and O–H groups in total. The Morgan fingerprint density at radius 2 is 2.15 bits per heavy atom. The summed E-state index contributed by atoms with van der Waals surface area (Å²) in [6.45, 7) is 6.85. The molecule has 26 heavy (non-hydrogen) atoms. The van der Waals surface area contributed by atoms with Crippen LogP contribution in [0.15, 0.2) is 29.6 Å². The normalized spacial score (nSPS) is 24.4. The van der Waals surface area contributed by atoms with Crippen molar-refractivity contribution in [3.05, 3.63) is 45.3 Å². The third-order valence-corrected chi connectivity index (χ3v) is 4.57. The van der Waals surface area contributed by atoms with Crippen molar-refractivity contribution in [2.75, 3.05) is 11.0 Å². The molecule has 2 unspecified atom stereocenters. The minimum Gasteiger partial charge on any atom is -0.461 e. The molecule has 1 aromatic rings. The lowest BCUT2D eigenvalue weighted by Gasteiger charge is -2.37. The van der Waals surface area contributed by atoms with E-state index in [0.29, 0.717) is 22.6 Å². The van der Waals surface area contributed by atoms with Crippen LogP contribution in [-0.4, -0.2) is 22.5 Å². The summed E-state index contributed by atoms with van der Waals surface area (Å²) < 4.78 is 5.37. The number of benzene rings is 1. The average molecular weight is 362 g/mol. The van der Waals surface area contributed by atoms with Crippen LogP contribution >= 0.6 is 0 Å². The number of hydrogen-bond acceptors (Lipinski definition) is 8. The van der Waals surface area contributed by atoms with Crippen molar-refractivity contribution in [2.24, 2.45) is 0 Å². The van der Waals surface area contributed by atoms with Crippen LogP contribution < -0.4 is 16.3 Å². The maximum absolute atomic E-state index is 12.6. The maximum atomic E-state index is 12.6. The summed E-state index contributed by atoms with van der Waals surface area (Å²) >= 11 is 0. The van der Waals surface area contributed by atoms with Gasteiger partial charge in [-0.3, -0.25) is 10.1 Å². The Morgan fingerprint density at radius 1 is 1.42 bits per heavy atom. The summed E-state index contributed by atoms with van der Waals surface area (Å²) in [6.07, 6.45) is -0.0920. The maximum Gasteiger partial charge on any atom is 0.331 e. The van der Waals surface area contributed by atoms with Gasteiger partial charge < -0.3 is 10.1 Å². The second-order valence-corrected chi connectivity index (χ2v) is 7.01. The summed E-state index contributed by atoms with van der Waals surface area (Å²) in [5, 5.41) is 14.7. The minimum atomic E-state index is -1.08. The third-order valence-electron chi connectivity index (χ3n) is 4.57. The number of rotatable bonds is 4. The number of anilines is 2. The van der Waals surface area contributed by atoms with Crippen molar-refractivity contribution in [1.29, 1.82) is 0 Å². The van der Waals surface area contributed by atoms with E-state index in [2.05, 4.69) is 16.3 Å². The van der Waals surface area contributed by atoms with Gasteiger partial charge >= 0.3 is 5.97 Å². The van der Waals surface area contributed by atoms with Gasteiger partial charge in [0.15, 0.2) is 0 Å². The molecule has 9 heteroatoms. The zero-order chi connectivity index (χ0) is 19.1. The zero-order valence-electron chi connectivity index (χ0n) is 15.1. The van der Waals surface area contributed by atoms with Gasteiger partial charge in [0, 0.05) is 0 Å². The van der Waals surface area contributed by atoms with Gasteiger partial charge in [-0.2, -0.15) is 4.94 Å². The fourth-order valence-corrected chi connectivity index (χ4v) is 3.49. The Balaban J connectivity index is 2.07. The number of para-hydroxylation sites is 1. The molecule has 1 aromatic carbocycles. The van der Waals surface area contributed by atoms with Crippen LogP contribution in [0.4, 0.5) is 11.4 Å². The number of hydrogen-bond donors (Lipinski definition) is 3. The highest BCUT2D eigenvalue weighted by Crippen LogP contribution is 2.44. The molecule has 2 heterocycles. The van der Waals surface area contributed by atoms with Gasteiger partial charge in [0.2, 0.25) is 0 Å². The lowest BCUT2D eigenvalue weighted by Crippen LogP contribution is -2.54. The van der Waals surface area contributed by atoms with Crippen molar-refractivity contribution in [1.82, 2.24) is 5.32 Å². The van der Waals surface area contributed by atoms with Crippen LogP contribution in [0.3, 0.4) is 0 Å². The largest absolute Gasteiger partial charge is 0.461 e. The molecule has 0 fully saturated rings. The number of ether oxygens (including phenoxy) is 1. The summed E-state index contributed by atoms with van der Waals surface area (Å²) in [5.74, 6) is -1.05. The van der Waals surface area contributed by atoms with Crippen molar-refractivity contribution in [3.63, 3.8) is 0 Å². The molecule has 0 aliphatic carbocycles. The Labute approximate surface area is 150 Å². The summed E-state index contributed by atoms with van der Waals surface area (Å²) in [7, 11) is 0. The standard InChI is InChI=1S/C17H22N4O5/c1-9(2)25-16(22)17(4)8-12(15(21(23)24)10(3)18-17)11-6-5-7-13-14(11)20-26-19-13/h5-7,9,12,18-20H,8H2,1-4H3. The fourth-order valence-electron chi connectivity index (χ4n) is 3.49. The summed E-state index contributed by atoms with van der Waals surface area (Å²) in [5.41, 5.74) is 6.74. The van der Waals surface area contributed by atoms with Crippen molar-refractivity contribution < 1.29 is 19.4 Å². The molecule has 0 saturated heterocycles. The van der Waals surface area contributed by atoms with E-state index in [1.807, 2.05) is 0 Å². The highest BCUT2D eigenvalue weighted by Gasteiger charge is 2.48. The number of nitrogens with one attached hydrogen (secondary N) is 3. The number of carbonyl (C=O) groups excluding carboxylic acids is 1. The first kappa shape index (κ1) is 18.0. The molecule has 9 nitrogen and oxygen atoms in total. The van der Waals surface area contributed by atoms with Gasteiger partial charge in [-0.25, -0.2) is 15.8 Å². The van der Waals surface area contributed by atoms with Crippen molar-refractivity contribution in [2.45, 2.75) is 51.7 Å². The van der Waals surface area contributed by atoms with Gasteiger partial charge in [0.1, 0.15) is 5.54 Å². The molecular formula is C17H22N4O5. The first-order valence-electron chi connectivity index (χ1n) is 8.38. The van der Waals surface area contributed by atoms with E-state index in [4.69, 9.17) is 9.68 Å². The monoisotopic (exact) mass is 362 g/mol. The number of carbonyl (C=O) groups is 1. The molecule has 0 saturated carbocycles. The highest BCUT2D eigenvalue weighted by atomic mass is 16.8. The van der Waals surface area contributed by atoms with E-state index in [9.17, 15) is 14.9 Å². The summed E-state index contributed by atoms with van der Waals surface area (Å²) in [4.78, 5) is 29.0. The molecule has 2 aliphatic rings. The molecule has 0 aromatic heterocycles. The molecular weight excluding hydrogens is 340 g/mol. The van der Waals surface area contributed by atoms with E-state index in [1.165, 1.54) is 0 Å². The van der Waals surface area contributed by atoms with E-state index >= 15 is 0 Å². The quantitative estimate of drug-likeness (QED) is 0.425. The predicted molar refractivity (Wildman–Crippen MR) is 94.6 cm³/mol.